The number of fused-ring (bicyclic) bond motifs is 1. The first-order chi connectivity index (χ1) is 14.0. The first-order valence-corrected chi connectivity index (χ1v) is 8.70. The summed E-state index contributed by atoms with van der Waals surface area (Å²) in [6.45, 7) is 2.23. The van der Waals surface area contributed by atoms with Gasteiger partial charge in [0.05, 0.1) is 40.4 Å². The summed E-state index contributed by atoms with van der Waals surface area (Å²) in [5.41, 5.74) is 10.1. The zero-order chi connectivity index (χ0) is 20.5. The molecule has 2 N–H and O–H groups in total. The predicted molar refractivity (Wildman–Crippen MR) is 107 cm³/mol. The molecule has 4 rings (SSSR count). The number of rotatable bonds is 4. The molecule has 0 bridgehead atoms. The predicted octanol–water partition coefficient (Wildman–Crippen LogP) is 3.21. The maximum atomic E-state index is 10.8. The highest BCUT2D eigenvalue weighted by molar-refractivity contribution is 5.92. The van der Waals surface area contributed by atoms with Gasteiger partial charge in [0.2, 0.25) is 5.95 Å². The maximum absolute atomic E-state index is 10.8. The molecule has 0 aliphatic rings. The van der Waals surface area contributed by atoms with Crippen LogP contribution in [0.1, 0.15) is 16.7 Å². The zero-order valence-electron chi connectivity index (χ0n) is 15.4. The van der Waals surface area contributed by atoms with Crippen LogP contribution in [0.2, 0.25) is 0 Å². The van der Waals surface area contributed by atoms with Crippen molar-refractivity contribution in [3.8, 4) is 17.3 Å². The summed E-state index contributed by atoms with van der Waals surface area (Å²) < 4.78 is 1.67. The molecular formula is C20H15N7O2. The Bertz CT molecular complexity index is 1290. The molecule has 9 heteroatoms. The van der Waals surface area contributed by atoms with Crippen molar-refractivity contribution in [1.29, 1.82) is 5.26 Å². The highest BCUT2D eigenvalue weighted by Gasteiger charge is 2.16. The summed E-state index contributed by atoms with van der Waals surface area (Å²) in [6.07, 6.45) is 1.66. The first kappa shape index (κ1) is 18.1. The molecule has 142 valence electrons. The number of nitrogens with two attached hydrogens (primary N) is 1. The van der Waals surface area contributed by atoms with E-state index in [0.717, 1.165) is 16.7 Å². The van der Waals surface area contributed by atoms with Crippen LogP contribution in [0.4, 0.5) is 11.6 Å². The molecule has 0 saturated heterocycles. The highest BCUT2D eigenvalue weighted by Crippen LogP contribution is 2.30. The van der Waals surface area contributed by atoms with E-state index in [9.17, 15) is 15.4 Å². The van der Waals surface area contributed by atoms with Gasteiger partial charge in [0, 0.05) is 17.7 Å². The van der Waals surface area contributed by atoms with Crippen molar-refractivity contribution >= 4 is 22.7 Å². The first-order valence-electron chi connectivity index (χ1n) is 8.70. The molecule has 0 atom stereocenters. The summed E-state index contributed by atoms with van der Waals surface area (Å²) in [5.74, 6) is 0.0970. The third kappa shape index (κ3) is 3.23. The standard InChI is InChI=1S/C20H15N7O2/c1-12-14(9-21)3-2-4-16(12)18-17-10-23-26(19(17)25-20(22)24-18)11-13-5-7-15(8-6-13)27(28)29/h2-8,10H,11H2,1H3,(H2,22,24,25). The van der Waals surface area contributed by atoms with E-state index in [0.29, 0.717) is 28.8 Å². The lowest BCUT2D eigenvalue weighted by Crippen LogP contribution is -2.05. The van der Waals surface area contributed by atoms with Gasteiger partial charge >= 0.3 is 0 Å². The van der Waals surface area contributed by atoms with E-state index in [1.54, 1.807) is 35.1 Å². The van der Waals surface area contributed by atoms with Crippen LogP contribution < -0.4 is 5.73 Å². The van der Waals surface area contributed by atoms with Crippen LogP contribution in [-0.2, 0) is 6.54 Å². The number of nitro benzene ring substituents is 1. The average Bonchev–Trinajstić information content (AvgIpc) is 3.10. The second-order valence-electron chi connectivity index (χ2n) is 6.48. The molecule has 2 heterocycles. The van der Waals surface area contributed by atoms with Crippen molar-refractivity contribution < 1.29 is 4.92 Å². The van der Waals surface area contributed by atoms with Gasteiger partial charge in [-0.3, -0.25) is 10.1 Å². The van der Waals surface area contributed by atoms with Gasteiger partial charge in [-0.05, 0) is 24.1 Å². The van der Waals surface area contributed by atoms with E-state index < -0.39 is 4.92 Å². The second kappa shape index (κ2) is 7.01. The summed E-state index contributed by atoms with van der Waals surface area (Å²) in [6, 6.07) is 13.9. The third-order valence-electron chi connectivity index (χ3n) is 4.70. The number of anilines is 1. The van der Waals surface area contributed by atoms with Crippen molar-refractivity contribution in [3.63, 3.8) is 0 Å². The number of aromatic nitrogens is 4. The quantitative estimate of drug-likeness (QED) is 0.420. The Kier molecular flexibility index (Phi) is 4.37. The molecule has 0 aliphatic heterocycles. The van der Waals surface area contributed by atoms with Crippen LogP contribution in [0, 0.1) is 28.4 Å². The van der Waals surface area contributed by atoms with Crippen molar-refractivity contribution in [2.75, 3.05) is 5.73 Å². The molecular weight excluding hydrogens is 370 g/mol. The van der Waals surface area contributed by atoms with Gasteiger partial charge in [0.1, 0.15) is 0 Å². The molecule has 29 heavy (non-hydrogen) atoms. The van der Waals surface area contributed by atoms with E-state index in [-0.39, 0.29) is 11.6 Å². The number of nitriles is 1. The monoisotopic (exact) mass is 385 g/mol. The molecule has 0 aliphatic carbocycles. The van der Waals surface area contributed by atoms with Gasteiger partial charge in [-0.25, -0.2) is 9.67 Å². The van der Waals surface area contributed by atoms with Crippen molar-refractivity contribution in [2.45, 2.75) is 13.5 Å². The van der Waals surface area contributed by atoms with Gasteiger partial charge < -0.3 is 5.73 Å². The third-order valence-corrected chi connectivity index (χ3v) is 4.70. The molecule has 0 unspecified atom stereocenters. The van der Waals surface area contributed by atoms with Gasteiger partial charge in [0.25, 0.3) is 5.69 Å². The Hall–Kier alpha value is -4.32. The number of nitrogen functional groups attached to an aromatic ring is 1. The van der Waals surface area contributed by atoms with Gasteiger partial charge in [0.15, 0.2) is 5.65 Å². The van der Waals surface area contributed by atoms with E-state index in [4.69, 9.17) is 5.73 Å². The fraction of sp³-hybridized carbons (Fsp3) is 0.100. The second-order valence-corrected chi connectivity index (χ2v) is 6.48. The summed E-state index contributed by atoms with van der Waals surface area (Å²) in [7, 11) is 0. The highest BCUT2D eigenvalue weighted by atomic mass is 16.6. The number of hydrogen-bond acceptors (Lipinski definition) is 7. The summed E-state index contributed by atoms with van der Waals surface area (Å²) in [5, 5.41) is 25.3. The largest absolute Gasteiger partial charge is 0.368 e. The fourth-order valence-electron chi connectivity index (χ4n) is 3.20. The van der Waals surface area contributed by atoms with Crippen LogP contribution in [0.25, 0.3) is 22.3 Å². The molecule has 0 saturated carbocycles. The maximum Gasteiger partial charge on any atom is 0.269 e. The molecule has 9 nitrogen and oxygen atoms in total. The fourth-order valence-corrected chi connectivity index (χ4v) is 3.20. The molecule has 0 spiro atoms. The minimum Gasteiger partial charge on any atom is -0.368 e. The minimum absolute atomic E-state index is 0.0285. The van der Waals surface area contributed by atoms with Crippen LogP contribution in [0.15, 0.2) is 48.7 Å². The minimum atomic E-state index is -0.440. The number of nitrogens with zero attached hydrogens (tertiary/aromatic N) is 6. The molecule has 2 aromatic carbocycles. The van der Waals surface area contributed by atoms with Crippen LogP contribution in [0.5, 0.6) is 0 Å². The van der Waals surface area contributed by atoms with Crippen molar-refractivity contribution in [2.24, 2.45) is 0 Å². The van der Waals surface area contributed by atoms with Crippen molar-refractivity contribution in [3.05, 3.63) is 75.5 Å². The van der Waals surface area contributed by atoms with Gasteiger partial charge in [-0.15, -0.1) is 0 Å². The lowest BCUT2D eigenvalue weighted by Gasteiger charge is -2.09. The zero-order valence-corrected chi connectivity index (χ0v) is 15.4. The summed E-state index contributed by atoms with van der Waals surface area (Å²) in [4.78, 5) is 19.1. The number of nitro groups is 1. The molecule has 0 radical (unpaired) electrons. The Morgan fingerprint density at radius 1 is 1.21 bits per heavy atom. The van der Waals surface area contributed by atoms with E-state index >= 15 is 0 Å². The molecule has 0 amide bonds. The van der Waals surface area contributed by atoms with Gasteiger partial charge in [-0.2, -0.15) is 15.3 Å². The van der Waals surface area contributed by atoms with Crippen molar-refractivity contribution in [1.82, 2.24) is 19.7 Å². The Morgan fingerprint density at radius 3 is 2.66 bits per heavy atom. The number of non-ortho nitro benzene ring substituents is 1. The number of benzene rings is 2. The van der Waals surface area contributed by atoms with E-state index in [1.807, 2.05) is 13.0 Å². The normalized spacial score (nSPS) is 10.8. The summed E-state index contributed by atoms with van der Waals surface area (Å²) >= 11 is 0. The molecule has 0 fully saturated rings. The van der Waals surface area contributed by atoms with Crippen LogP contribution >= 0.6 is 0 Å². The Labute approximate surface area is 165 Å². The van der Waals surface area contributed by atoms with E-state index in [1.165, 1.54) is 12.1 Å². The topological polar surface area (TPSA) is 137 Å². The number of hydrogen-bond donors (Lipinski definition) is 1. The molecule has 4 aromatic rings. The van der Waals surface area contributed by atoms with Gasteiger partial charge in [-0.1, -0.05) is 24.3 Å². The lowest BCUT2D eigenvalue weighted by molar-refractivity contribution is -0.384. The molecule has 2 aromatic heterocycles. The Balaban J connectivity index is 1.80. The smallest absolute Gasteiger partial charge is 0.269 e. The lowest BCUT2D eigenvalue weighted by atomic mass is 9.99. The van der Waals surface area contributed by atoms with Crippen LogP contribution in [-0.4, -0.2) is 24.7 Å². The average molecular weight is 385 g/mol. The van der Waals surface area contributed by atoms with E-state index in [2.05, 4.69) is 21.1 Å². The van der Waals surface area contributed by atoms with Crippen LogP contribution in [0.3, 0.4) is 0 Å². The Morgan fingerprint density at radius 2 is 1.97 bits per heavy atom. The SMILES string of the molecule is Cc1c(C#N)cccc1-c1nc(N)nc2c1cnn2Cc1ccc([N+](=O)[O-])cc1.